The maximum Gasteiger partial charge on any atom is 0.0631 e. The van der Waals surface area contributed by atoms with Crippen molar-refractivity contribution in [3.8, 4) is 0 Å². The molecule has 24 heavy (non-hydrogen) atoms. The molecule has 0 radical (unpaired) electrons. The molecule has 1 heterocycles. The van der Waals surface area contributed by atoms with Crippen molar-refractivity contribution in [3.63, 3.8) is 0 Å². The average molecular weight is 323 g/mol. The third-order valence-electron chi connectivity index (χ3n) is 3.98. The van der Waals surface area contributed by atoms with Gasteiger partial charge in [0.25, 0.3) is 0 Å². The summed E-state index contributed by atoms with van der Waals surface area (Å²) >= 11 is 0. The normalized spacial score (nSPS) is 15.7. The Bertz CT molecular complexity index is 693. The van der Waals surface area contributed by atoms with Gasteiger partial charge in [0.15, 0.2) is 0 Å². The SMILES string of the molecule is CC(C)(O)Cc1ccccc1.CC1=NC(C)(C)Cc2ccccc21. The van der Waals surface area contributed by atoms with E-state index in [1.807, 2.05) is 44.2 Å². The number of rotatable bonds is 2. The first-order chi connectivity index (χ1) is 11.2. The molecular formula is C22H29NO. The van der Waals surface area contributed by atoms with Crippen LogP contribution in [0.3, 0.4) is 0 Å². The Morgan fingerprint density at radius 2 is 1.58 bits per heavy atom. The predicted octanol–water partition coefficient (Wildman–Crippen LogP) is 4.83. The van der Waals surface area contributed by atoms with Gasteiger partial charge in [-0.2, -0.15) is 0 Å². The van der Waals surface area contributed by atoms with Gasteiger partial charge >= 0.3 is 0 Å². The molecule has 2 aromatic carbocycles. The zero-order valence-corrected chi connectivity index (χ0v) is 15.5. The van der Waals surface area contributed by atoms with Crippen LogP contribution in [-0.4, -0.2) is 22.0 Å². The molecule has 128 valence electrons. The van der Waals surface area contributed by atoms with E-state index in [-0.39, 0.29) is 5.54 Å². The minimum atomic E-state index is -0.596. The molecule has 0 saturated carbocycles. The van der Waals surface area contributed by atoms with Gasteiger partial charge in [-0.25, -0.2) is 0 Å². The van der Waals surface area contributed by atoms with Crippen LogP contribution in [0.4, 0.5) is 0 Å². The summed E-state index contributed by atoms with van der Waals surface area (Å²) in [6.07, 6.45) is 1.77. The maximum atomic E-state index is 9.47. The van der Waals surface area contributed by atoms with E-state index >= 15 is 0 Å². The molecule has 1 aliphatic rings. The first-order valence-corrected chi connectivity index (χ1v) is 8.57. The first kappa shape index (κ1) is 18.4. The molecule has 1 N–H and O–H groups in total. The summed E-state index contributed by atoms with van der Waals surface area (Å²) in [6.45, 7) is 10.1. The van der Waals surface area contributed by atoms with Crippen LogP contribution in [0.15, 0.2) is 59.6 Å². The Labute approximate surface area is 146 Å². The fraction of sp³-hybridized carbons (Fsp3) is 0.409. The van der Waals surface area contributed by atoms with Gasteiger partial charge in [0, 0.05) is 12.1 Å². The fourth-order valence-electron chi connectivity index (χ4n) is 3.14. The van der Waals surface area contributed by atoms with Crippen LogP contribution in [0.1, 0.15) is 51.3 Å². The van der Waals surface area contributed by atoms with Crippen LogP contribution in [0.5, 0.6) is 0 Å². The summed E-state index contributed by atoms with van der Waals surface area (Å²) in [5.41, 5.74) is 4.59. The molecule has 0 aromatic heterocycles. The van der Waals surface area contributed by atoms with Gasteiger partial charge in [0.05, 0.1) is 11.1 Å². The minimum absolute atomic E-state index is 0.0818. The van der Waals surface area contributed by atoms with Crippen LogP contribution < -0.4 is 0 Å². The lowest BCUT2D eigenvalue weighted by Crippen LogP contribution is -2.27. The number of benzene rings is 2. The first-order valence-electron chi connectivity index (χ1n) is 8.57. The molecule has 2 aromatic rings. The van der Waals surface area contributed by atoms with Gasteiger partial charge < -0.3 is 5.11 Å². The standard InChI is InChI=1S/C12H15N.C10H14O/c1-9-11-7-5-4-6-10(11)8-12(2,3)13-9;1-10(2,11)8-9-6-4-3-5-7-9/h4-7H,8H2,1-3H3;3-7,11H,8H2,1-2H3. The van der Waals surface area contributed by atoms with Crippen LogP contribution in [0.25, 0.3) is 0 Å². The van der Waals surface area contributed by atoms with Crippen molar-refractivity contribution >= 4 is 5.71 Å². The molecule has 2 nitrogen and oxygen atoms in total. The Morgan fingerprint density at radius 1 is 1.00 bits per heavy atom. The van der Waals surface area contributed by atoms with Gasteiger partial charge in [0.2, 0.25) is 0 Å². The highest BCUT2D eigenvalue weighted by molar-refractivity contribution is 6.01. The summed E-state index contributed by atoms with van der Waals surface area (Å²) in [5.74, 6) is 0. The summed E-state index contributed by atoms with van der Waals surface area (Å²) in [7, 11) is 0. The van der Waals surface area contributed by atoms with E-state index in [0.717, 1.165) is 6.42 Å². The average Bonchev–Trinajstić information content (AvgIpc) is 2.46. The highest BCUT2D eigenvalue weighted by Gasteiger charge is 2.24. The molecule has 0 atom stereocenters. The minimum Gasteiger partial charge on any atom is -0.390 e. The van der Waals surface area contributed by atoms with E-state index in [2.05, 4.69) is 50.0 Å². The topological polar surface area (TPSA) is 32.6 Å². The molecule has 0 aliphatic carbocycles. The van der Waals surface area contributed by atoms with Gasteiger partial charge in [-0.15, -0.1) is 0 Å². The lowest BCUT2D eigenvalue weighted by molar-refractivity contribution is 0.0810. The number of aliphatic hydroxyl groups is 1. The summed E-state index contributed by atoms with van der Waals surface area (Å²) < 4.78 is 0. The molecule has 0 unspecified atom stereocenters. The zero-order valence-electron chi connectivity index (χ0n) is 15.5. The zero-order chi connectivity index (χ0) is 17.8. The molecule has 0 saturated heterocycles. The molecule has 0 fully saturated rings. The van der Waals surface area contributed by atoms with Crippen LogP contribution >= 0.6 is 0 Å². The monoisotopic (exact) mass is 323 g/mol. The fourth-order valence-corrected chi connectivity index (χ4v) is 3.14. The molecular weight excluding hydrogens is 294 g/mol. The van der Waals surface area contributed by atoms with Crippen molar-refractivity contribution in [2.24, 2.45) is 4.99 Å². The van der Waals surface area contributed by atoms with Crippen LogP contribution in [-0.2, 0) is 12.8 Å². The van der Waals surface area contributed by atoms with Crippen molar-refractivity contribution < 1.29 is 5.11 Å². The second kappa shape index (κ2) is 7.31. The maximum absolute atomic E-state index is 9.47. The largest absolute Gasteiger partial charge is 0.390 e. The lowest BCUT2D eigenvalue weighted by atomic mass is 9.87. The Balaban J connectivity index is 0.000000177. The third kappa shape index (κ3) is 5.61. The van der Waals surface area contributed by atoms with E-state index in [9.17, 15) is 5.11 Å². The molecule has 3 rings (SSSR count). The van der Waals surface area contributed by atoms with Gasteiger partial charge in [-0.05, 0) is 57.7 Å². The molecule has 2 heteroatoms. The van der Waals surface area contributed by atoms with Crippen molar-refractivity contribution in [1.29, 1.82) is 0 Å². The van der Waals surface area contributed by atoms with Gasteiger partial charge in [0.1, 0.15) is 0 Å². The summed E-state index contributed by atoms with van der Waals surface area (Å²) in [4.78, 5) is 4.67. The van der Waals surface area contributed by atoms with Crippen molar-refractivity contribution in [3.05, 3.63) is 71.3 Å². The lowest BCUT2D eigenvalue weighted by Gasteiger charge is -2.27. The number of hydrogen-bond donors (Lipinski definition) is 1. The Kier molecular flexibility index (Phi) is 5.61. The molecule has 0 bridgehead atoms. The number of nitrogens with zero attached hydrogens (tertiary/aromatic N) is 1. The van der Waals surface area contributed by atoms with Crippen LogP contribution in [0, 0.1) is 0 Å². The summed E-state index contributed by atoms with van der Waals surface area (Å²) in [5, 5.41) is 9.47. The second-order valence-corrected chi connectivity index (χ2v) is 7.82. The second-order valence-electron chi connectivity index (χ2n) is 7.82. The van der Waals surface area contributed by atoms with Crippen molar-refractivity contribution in [2.45, 2.75) is 58.6 Å². The Morgan fingerprint density at radius 3 is 2.21 bits per heavy atom. The number of hydrogen-bond acceptors (Lipinski definition) is 2. The van der Waals surface area contributed by atoms with Gasteiger partial charge in [-0.1, -0.05) is 54.6 Å². The van der Waals surface area contributed by atoms with E-state index in [1.165, 1.54) is 22.4 Å². The third-order valence-corrected chi connectivity index (χ3v) is 3.98. The highest BCUT2D eigenvalue weighted by atomic mass is 16.3. The quantitative estimate of drug-likeness (QED) is 0.843. The van der Waals surface area contributed by atoms with Gasteiger partial charge in [-0.3, -0.25) is 4.99 Å². The predicted molar refractivity (Wildman–Crippen MR) is 103 cm³/mol. The highest BCUT2D eigenvalue weighted by Crippen LogP contribution is 2.26. The van der Waals surface area contributed by atoms with Crippen LogP contribution in [0.2, 0.25) is 0 Å². The van der Waals surface area contributed by atoms with Crippen molar-refractivity contribution in [1.82, 2.24) is 0 Å². The Hall–Kier alpha value is -1.93. The van der Waals surface area contributed by atoms with E-state index in [4.69, 9.17) is 0 Å². The van der Waals surface area contributed by atoms with E-state index in [1.54, 1.807) is 0 Å². The molecule has 1 aliphatic heterocycles. The van der Waals surface area contributed by atoms with E-state index < -0.39 is 5.60 Å². The van der Waals surface area contributed by atoms with E-state index in [0.29, 0.717) is 6.42 Å². The number of fused-ring (bicyclic) bond motifs is 1. The smallest absolute Gasteiger partial charge is 0.0631 e. The molecule has 0 amide bonds. The summed E-state index contributed by atoms with van der Waals surface area (Å²) in [6, 6.07) is 18.5. The van der Waals surface area contributed by atoms with Crippen molar-refractivity contribution in [2.75, 3.05) is 0 Å². The number of aliphatic imine (C=N–C) groups is 1. The molecule has 0 spiro atoms.